The molecule has 3 rings (SSSR count). The van der Waals surface area contributed by atoms with Crippen molar-refractivity contribution in [3.05, 3.63) is 40.2 Å². The molecule has 0 saturated carbocycles. The van der Waals surface area contributed by atoms with Crippen molar-refractivity contribution in [3.63, 3.8) is 0 Å². The number of morpholine rings is 1. The summed E-state index contributed by atoms with van der Waals surface area (Å²) in [5.74, 6) is 0. The molecule has 2 nitrogen and oxygen atoms in total. The van der Waals surface area contributed by atoms with Crippen LogP contribution in [0.25, 0.3) is 11.1 Å². The predicted molar refractivity (Wildman–Crippen MR) is 82.5 cm³/mol. The molecule has 19 heavy (non-hydrogen) atoms. The van der Waals surface area contributed by atoms with Gasteiger partial charge in [0.1, 0.15) is 0 Å². The molecular formula is C15H16ClNOS. The Labute approximate surface area is 122 Å². The number of thiophene rings is 1. The molecular weight excluding hydrogens is 278 g/mol. The standard InChI is InChI=1S/C15H16ClNOS/c1-11-10-14(12-2-4-13(16)5-3-12)15(19-11)17-6-8-18-9-7-17/h2-5,10H,6-9H2,1H3. The average molecular weight is 294 g/mol. The van der Waals surface area contributed by atoms with Crippen LogP contribution in [-0.2, 0) is 4.74 Å². The number of nitrogens with zero attached hydrogens (tertiary/aromatic N) is 1. The molecule has 0 N–H and O–H groups in total. The molecule has 100 valence electrons. The summed E-state index contributed by atoms with van der Waals surface area (Å²) in [6.45, 7) is 5.74. The van der Waals surface area contributed by atoms with Gasteiger partial charge in [0.15, 0.2) is 0 Å². The Balaban J connectivity index is 1.98. The molecule has 1 aromatic carbocycles. The van der Waals surface area contributed by atoms with Gasteiger partial charge in [0.05, 0.1) is 18.2 Å². The maximum Gasteiger partial charge on any atom is 0.0992 e. The van der Waals surface area contributed by atoms with Gasteiger partial charge in [-0.3, -0.25) is 0 Å². The van der Waals surface area contributed by atoms with Crippen molar-refractivity contribution in [1.82, 2.24) is 0 Å². The van der Waals surface area contributed by atoms with Gasteiger partial charge >= 0.3 is 0 Å². The molecule has 0 unspecified atom stereocenters. The van der Waals surface area contributed by atoms with E-state index in [4.69, 9.17) is 16.3 Å². The van der Waals surface area contributed by atoms with E-state index in [1.807, 2.05) is 23.5 Å². The number of benzene rings is 1. The molecule has 1 saturated heterocycles. The number of anilines is 1. The summed E-state index contributed by atoms with van der Waals surface area (Å²) in [5.41, 5.74) is 2.54. The zero-order valence-corrected chi connectivity index (χ0v) is 12.4. The Kier molecular flexibility index (Phi) is 3.78. The first-order valence-corrected chi connectivity index (χ1v) is 7.62. The van der Waals surface area contributed by atoms with Crippen LogP contribution in [0, 0.1) is 6.92 Å². The monoisotopic (exact) mass is 293 g/mol. The van der Waals surface area contributed by atoms with Crippen LogP contribution >= 0.6 is 22.9 Å². The minimum absolute atomic E-state index is 0.781. The van der Waals surface area contributed by atoms with Crippen molar-refractivity contribution in [2.45, 2.75) is 6.92 Å². The van der Waals surface area contributed by atoms with Gasteiger partial charge in [0.25, 0.3) is 0 Å². The third-order valence-electron chi connectivity index (χ3n) is 3.29. The second-order valence-electron chi connectivity index (χ2n) is 4.68. The predicted octanol–water partition coefficient (Wildman–Crippen LogP) is 4.21. The lowest BCUT2D eigenvalue weighted by Crippen LogP contribution is -2.35. The number of aryl methyl sites for hydroxylation is 1. The summed E-state index contributed by atoms with van der Waals surface area (Å²) in [7, 11) is 0. The normalized spacial score (nSPS) is 15.8. The van der Waals surface area contributed by atoms with Gasteiger partial charge in [-0.25, -0.2) is 0 Å². The number of rotatable bonds is 2. The lowest BCUT2D eigenvalue weighted by Gasteiger charge is -2.28. The first kappa shape index (κ1) is 13.0. The van der Waals surface area contributed by atoms with E-state index in [0.29, 0.717) is 0 Å². The Bertz CT molecular complexity index is 558. The van der Waals surface area contributed by atoms with E-state index in [9.17, 15) is 0 Å². The summed E-state index contributed by atoms with van der Waals surface area (Å²) >= 11 is 7.83. The molecule has 0 amide bonds. The van der Waals surface area contributed by atoms with Crippen LogP contribution in [-0.4, -0.2) is 26.3 Å². The highest BCUT2D eigenvalue weighted by atomic mass is 35.5. The fourth-order valence-electron chi connectivity index (χ4n) is 2.34. The van der Waals surface area contributed by atoms with Gasteiger partial charge in [0.2, 0.25) is 0 Å². The first-order chi connectivity index (χ1) is 9.24. The summed E-state index contributed by atoms with van der Waals surface area (Å²) < 4.78 is 5.43. The largest absolute Gasteiger partial charge is 0.378 e. The number of hydrogen-bond acceptors (Lipinski definition) is 3. The zero-order valence-electron chi connectivity index (χ0n) is 10.9. The molecule has 0 bridgehead atoms. The Hall–Kier alpha value is -1.03. The maximum atomic E-state index is 5.97. The fraction of sp³-hybridized carbons (Fsp3) is 0.333. The smallest absolute Gasteiger partial charge is 0.0992 e. The van der Waals surface area contributed by atoms with Crippen LogP contribution in [0.1, 0.15) is 4.88 Å². The molecule has 1 aliphatic rings. The molecule has 1 aliphatic heterocycles. The molecule has 1 aromatic heterocycles. The minimum atomic E-state index is 0.781. The van der Waals surface area contributed by atoms with Crippen molar-refractivity contribution in [3.8, 4) is 11.1 Å². The highest BCUT2D eigenvalue weighted by Gasteiger charge is 2.18. The van der Waals surface area contributed by atoms with E-state index in [2.05, 4.69) is 30.0 Å². The van der Waals surface area contributed by atoms with E-state index in [0.717, 1.165) is 31.3 Å². The Morgan fingerprint density at radius 2 is 1.84 bits per heavy atom. The van der Waals surface area contributed by atoms with Crippen LogP contribution in [0.2, 0.25) is 5.02 Å². The second-order valence-corrected chi connectivity index (χ2v) is 6.35. The maximum absolute atomic E-state index is 5.97. The molecule has 0 atom stereocenters. The lowest BCUT2D eigenvalue weighted by molar-refractivity contribution is 0.123. The molecule has 2 aromatic rings. The van der Waals surface area contributed by atoms with Crippen molar-refractivity contribution < 1.29 is 4.74 Å². The van der Waals surface area contributed by atoms with Crippen molar-refractivity contribution in [2.24, 2.45) is 0 Å². The van der Waals surface area contributed by atoms with Gasteiger partial charge in [-0.1, -0.05) is 23.7 Å². The third kappa shape index (κ3) is 2.78. The molecule has 2 heterocycles. The summed E-state index contributed by atoms with van der Waals surface area (Å²) in [6, 6.07) is 10.3. The second kappa shape index (κ2) is 5.53. The molecule has 4 heteroatoms. The van der Waals surface area contributed by atoms with Crippen molar-refractivity contribution >= 4 is 27.9 Å². The van der Waals surface area contributed by atoms with E-state index < -0.39 is 0 Å². The van der Waals surface area contributed by atoms with Crippen LogP contribution in [0.15, 0.2) is 30.3 Å². The fourth-order valence-corrected chi connectivity index (χ4v) is 3.55. The minimum Gasteiger partial charge on any atom is -0.378 e. The van der Waals surface area contributed by atoms with E-state index in [-0.39, 0.29) is 0 Å². The van der Waals surface area contributed by atoms with Gasteiger partial charge < -0.3 is 9.64 Å². The molecule has 0 radical (unpaired) electrons. The highest BCUT2D eigenvalue weighted by Crippen LogP contribution is 2.39. The highest BCUT2D eigenvalue weighted by molar-refractivity contribution is 7.16. The van der Waals surface area contributed by atoms with Gasteiger partial charge in [-0.2, -0.15) is 0 Å². The van der Waals surface area contributed by atoms with Crippen LogP contribution in [0.3, 0.4) is 0 Å². The summed E-state index contributed by atoms with van der Waals surface area (Å²) in [6.07, 6.45) is 0. The Morgan fingerprint density at radius 3 is 2.53 bits per heavy atom. The van der Waals surface area contributed by atoms with Crippen LogP contribution < -0.4 is 4.90 Å². The van der Waals surface area contributed by atoms with Gasteiger partial charge in [-0.15, -0.1) is 11.3 Å². The summed E-state index contributed by atoms with van der Waals surface area (Å²) in [5, 5.41) is 2.13. The van der Waals surface area contributed by atoms with Gasteiger partial charge in [0, 0.05) is 28.6 Å². The van der Waals surface area contributed by atoms with Crippen molar-refractivity contribution in [1.29, 1.82) is 0 Å². The third-order valence-corrected chi connectivity index (χ3v) is 4.65. The van der Waals surface area contributed by atoms with E-state index >= 15 is 0 Å². The first-order valence-electron chi connectivity index (χ1n) is 6.43. The number of ether oxygens (including phenoxy) is 1. The lowest BCUT2D eigenvalue weighted by atomic mass is 10.1. The number of hydrogen-bond donors (Lipinski definition) is 0. The quantitative estimate of drug-likeness (QED) is 0.822. The van der Waals surface area contributed by atoms with Crippen LogP contribution in [0.5, 0.6) is 0 Å². The number of halogens is 1. The SMILES string of the molecule is Cc1cc(-c2ccc(Cl)cc2)c(N2CCOCC2)s1. The van der Waals surface area contributed by atoms with Crippen molar-refractivity contribution in [2.75, 3.05) is 31.2 Å². The topological polar surface area (TPSA) is 12.5 Å². The molecule has 0 aliphatic carbocycles. The molecule has 0 spiro atoms. The van der Waals surface area contributed by atoms with E-state index in [1.165, 1.54) is 21.0 Å². The average Bonchev–Trinajstić information content (AvgIpc) is 2.83. The summed E-state index contributed by atoms with van der Waals surface area (Å²) in [4.78, 5) is 3.76. The molecule has 1 fully saturated rings. The zero-order chi connectivity index (χ0) is 13.2. The van der Waals surface area contributed by atoms with E-state index in [1.54, 1.807) is 0 Å². The van der Waals surface area contributed by atoms with Gasteiger partial charge in [-0.05, 0) is 30.7 Å². The van der Waals surface area contributed by atoms with Crippen LogP contribution in [0.4, 0.5) is 5.00 Å². The Morgan fingerprint density at radius 1 is 1.16 bits per heavy atom.